The molecule has 2 heterocycles. The summed E-state index contributed by atoms with van der Waals surface area (Å²) in [6.07, 6.45) is 3.52. The highest BCUT2D eigenvalue weighted by atomic mass is 16.2. The van der Waals surface area contributed by atoms with Gasteiger partial charge in [-0.25, -0.2) is 4.98 Å². The summed E-state index contributed by atoms with van der Waals surface area (Å²) >= 11 is 0. The zero-order valence-corrected chi connectivity index (χ0v) is 17.3. The fraction of sp³-hybridized carbons (Fsp3) is 0.348. The highest BCUT2D eigenvalue weighted by Crippen LogP contribution is 2.16. The zero-order chi connectivity index (χ0) is 20.8. The number of nitrogens with zero attached hydrogens (tertiary/aromatic N) is 3. The van der Waals surface area contributed by atoms with Crippen LogP contribution in [0.2, 0.25) is 0 Å². The third-order valence-electron chi connectivity index (χ3n) is 4.76. The lowest BCUT2D eigenvalue weighted by atomic mass is 10.1. The van der Waals surface area contributed by atoms with E-state index < -0.39 is 0 Å². The molecular formula is C23H28N4O2. The molecule has 0 bridgehead atoms. The molecule has 2 amide bonds. The molecule has 0 saturated carbocycles. The summed E-state index contributed by atoms with van der Waals surface area (Å²) in [5.74, 6) is -0.205. The first-order valence-electron chi connectivity index (χ1n) is 10.1. The van der Waals surface area contributed by atoms with Crippen LogP contribution in [0, 0.1) is 6.92 Å². The van der Waals surface area contributed by atoms with Gasteiger partial charge in [-0.3, -0.25) is 14.0 Å². The molecule has 2 aromatic heterocycles. The Balaban J connectivity index is 1.88. The summed E-state index contributed by atoms with van der Waals surface area (Å²) < 4.78 is 1.69. The molecular weight excluding hydrogens is 364 g/mol. The summed E-state index contributed by atoms with van der Waals surface area (Å²) in [5, 5.41) is 2.92. The Morgan fingerprint density at radius 3 is 2.52 bits per heavy atom. The Morgan fingerprint density at radius 2 is 1.83 bits per heavy atom. The summed E-state index contributed by atoms with van der Waals surface area (Å²) in [4.78, 5) is 32.2. The third-order valence-corrected chi connectivity index (χ3v) is 4.76. The van der Waals surface area contributed by atoms with Crippen LogP contribution in [0.5, 0.6) is 0 Å². The molecule has 0 fully saturated rings. The standard InChI is InChI=1S/C23H28N4O2/c1-4-12-26(13-5-2)23(29)20-19-11-6-7-14-27(19)21(25-20)22(28)24-16-18-10-8-9-17(3)15-18/h6-11,14-15H,4-5,12-13,16H2,1-3H3,(H,24,28). The molecule has 1 N–H and O–H groups in total. The second-order valence-corrected chi connectivity index (χ2v) is 7.20. The van der Waals surface area contributed by atoms with E-state index in [0.717, 1.165) is 24.0 Å². The minimum Gasteiger partial charge on any atom is -0.345 e. The predicted octanol–water partition coefficient (Wildman–Crippen LogP) is 3.83. The first-order chi connectivity index (χ1) is 14.0. The van der Waals surface area contributed by atoms with Gasteiger partial charge < -0.3 is 10.2 Å². The Bertz CT molecular complexity index is 1000. The number of hydrogen-bond acceptors (Lipinski definition) is 3. The second kappa shape index (κ2) is 9.37. The zero-order valence-electron chi connectivity index (χ0n) is 17.3. The smallest absolute Gasteiger partial charge is 0.287 e. The van der Waals surface area contributed by atoms with Gasteiger partial charge in [0.2, 0.25) is 5.82 Å². The van der Waals surface area contributed by atoms with Crippen LogP contribution in [0.3, 0.4) is 0 Å². The molecule has 29 heavy (non-hydrogen) atoms. The number of carbonyl (C=O) groups is 2. The summed E-state index contributed by atoms with van der Waals surface area (Å²) in [6.45, 7) is 7.87. The summed E-state index contributed by atoms with van der Waals surface area (Å²) in [6, 6.07) is 13.5. The Hall–Kier alpha value is -3.15. The maximum absolute atomic E-state index is 13.1. The van der Waals surface area contributed by atoms with Crippen molar-refractivity contribution in [3.63, 3.8) is 0 Å². The number of nitrogens with one attached hydrogen (secondary N) is 1. The number of amides is 2. The molecule has 6 nitrogen and oxygen atoms in total. The van der Waals surface area contributed by atoms with Gasteiger partial charge in [-0.15, -0.1) is 0 Å². The molecule has 1 aromatic carbocycles. The monoisotopic (exact) mass is 392 g/mol. The van der Waals surface area contributed by atoms with Gasteiger partial charge in [0.05, 0.1) is 5.52 Å². The number of fused-ring (bicyclic) bond motifs is 1. The molecule has 0 aliphatic rings. The van der Waals surface area contributed by atoms with Crippen LogP contribution in [0.4, 0.5) is 0 Å². The van der Waals surface area contributed by atoms with Crippen molar-refractivity contribution in [1.29, 1.82) is 0 Å². The van der Waals surface area contributed by atoms with Crippen molar-refractivity contribution in [2.24, 2.45) is 0 Å². The number of benzene rings is 1. The van der Waals surface area contributed by atoms with E-state index in [0.29, 0.717) is 30.8 Å². The molecule has 0 spiro atoms. The minimum absolute atomic E-state index is 0.130. The van der Waals surface area contributed by atoms with Gasteiger partial charge in [0.1, 0.15) is 0 Å². The summed E-state index contributed by atoms with van der Waals surface area (Å²) in [5.41, 5.74) is 3.14. The van der Waals surface area contributed by atoms with Crippen LogP contribution in [0.15, 0.2) is 48.7 Å². The van der Waals surface area contributed by atoms with Gasteiger partial charge in [0, 0.05) is 25.8 Å². The van der Waals surface area contributed by atoms with Crippen molar-refractivity contribution in [1.82, 2.24) is 19.6 Å². The second-order valence-electron chi connectivity index (χ2n) is 7.20. The molecule has 3 rings (SSSR count). The number of imidazole rings is 1. The number of aryl methyl sites for hydroxylation is 1. The van der Waals surface area contributed by atoms with Crippen molar-refractivity contribution in [3.05, 3.63) is 71.3 Å². The van der Waals surface area contributed by atoms with Gasteiger partial charge in [0.25, 0.3) is 11.8 Å². The lowest BCUT2D eigenvalue weighted by Crippen LogP contribution is -2.33. The number of carbonyl (C=O) groups excluding carboxylic acids is 2. The van der Waals surface area contributed by atoms with Gasteiger partial charge in [-0.05, 0) is 37.5 Å². The van der Waals surface area contributed by atoms with Crippen molar-refractivity contribution >= 4 is 17.3 Å². The largest absolute Gasteiger partial charge is 0.345 e. The average molecular weight is 393 g/mol. The molecule has 0 radical (unpaired) electrons. The highest BCUT2D eigenvalue weighted by molar-refractivity contribution is 6.02. The van der Waals surface area contributed by atoms with Crippen LogP contribution in [-0.2, 0) is 6.54 Å². The lowest BCUT2D eigenvalue weighted by Gasteiger charge is -2.20. The fourth-order valence-electron chi connectivity index (χ4n) is 3.44. The Morgan fingerprint density at radius 1 is 1.07 bits per heavy atom. The molecule has 0 aliphatic carbocycles. The normalized spacial score (nSPS) is 10.9. The topological polar surface area (TPSA) is 66.7 Å². The van der Waals surface area contributed by atoms with E-state index in [9.17, 15) is 9.59 Å². The molecule has 0 atom stereocenters. The molecule has 0 unspecified atom stereocenters. The van der Waals surface area contributed by atoms with E-state index in [1.165, 1.54) is 0 Å². The van der Waals surface area contributed by atoms with Gasteiger partial charge in [0.15, 0.2) is 5.69 Å². The molecule has 6 heteroatoms. The van der Waals surface area contributed by atoms with Crippen LogP contribution in [0.1, 0.15) is 58.9 Å². The molecule has 152 valence electrons. The predicted molar refractivity (Wildman–Crippen MR) is 114 cm³/mol. The Labute approximate surface area is 171 Å². The molecule has 0 saturated heterocycles. The van der Waals surface area contributed by atoms with E-state index in [1.807, 2.05) is 68.1 Å². The van der Waals surface area contributed by atoms with Gasteiger partial charge in [-0.2, -0.15) is 0 Å². The minimum atomic E-state index is -0.302. The van der Waals surface area contributed by atoms with E-state index in [1.54, 1.807) is 10.6 Å². The number of pyridine rings is 1. The fourth-order valence-corrected chi connectivity index (χ4v) is 3.44. The van der Waals surface area contributed by atoms with E-state index >= 15 is 0 Å². The maximum atomic E-state index is 13.1. The average Bonchev–Trinajstić information content (AvgIpc) is 3.11. The SMILES string of the molecule is CCCN(CCC)C(=O)c1nc(C(=O)NCc2cccc(C)c2)n2ccccc12. The quantitative estimate of drug-likeness (QED) is 0.633. The van der Waals surface area contributed by atoms with Gasteiger partial charge >= 0.3 is 0 Å². The first-order valence-corrected chi connectivity index (χ1v) is 10.1. The van der Waals surface area contributed by atoms with Crippen LogP contribution in [-0.4, -0.2) is 39.2 Å². The highest BCUT2D eigenvalue weighted by Gasteiger charge is 2.24. The maximum Gasteiger partial charge on any atom is 0.287 e. The van der Waals surface area contributed by atoms with Gasteiger partial charge in [-0.1, -0.05) is 49.7 Å². The van der Waals surface area contributed by atoms with Crippen LogP contribution >= 0.6 is 0 Å². The van der Waals surface area contributed by atoms with Crippen LogP contribution in [0.25, 0.3) is 5.52 Å². The van der Waals surface area contributed by atoms with Crippen molar-refractivity contribution in [2.75, 3.05) is 13.1 Å². The van der Waals surface area contributed by atoms with E-state index in [4.69, 9.17) is 0 Å². The lowest BCUT2D eigenvalue weighted by molar-refractivity contribution is 0.0752. The van der Waals surface area contributed by atoms with Crippen LogP contribution < -0.4 is 5.32 Å². The van der Waals surface area contributed by atoms with E-state index in [2.05, 4.69) is 10.3 Å². The number of hydrogen-bond donors (Lipinski definition) is 1. The summed E-state index contributed by atoms with van der Waals surface area (Å²) in [7, 11) is 0. The number of rotatable bonds is 8. The van der Waals surface area contributed by atoms with Crippen molar-refractivity contribution < 1.29 is 9.59 Å². The first kappa shape index (κ1) is 20.6. The molecule has 3 aromatic rings. The van der Waals surface area contributed by atoms with Crippen molar-refractivity contribution in [3.8, 4) is 0 Å². The third kappa shape index (κ3) is 4.65. The van der Waals surface area contributed by atoms with E-state index in [-0.39, 0.29) is 17.6 Å². The number of aromatic nitrogens is 2. The molecule has 0 aliphatic heterocycles. The van der Waals surface area contributed by atoms with Crippen molar-refractivity contribution in [2.45, 2.75) is 40.2 Å². The Kier molecular flexibility index (Phi) is 6.65.